The Morgan fingerprint density at radius 1 is 1.19 bits per heavy atom. The van der Waals surface area contributed by atoms with Gasteiger partial charge in [0.15, 0.2) is 0 Å². The third-order valence-corrected chi connectivity index (χ3v) is 4.90. The van der Waals surface area contributed by atoms with Crippen molar-refractivity contribution in [3.8, 4) is 0 Å². The first-order valence-corrected chi connectivity index (χ1v) is 9.70. The van der Waals surface area contributed by atoms with E-state index in [2.05, 4.69) is 15.3 Å². The molecule has 146 valence electrons. The minimum absolute atomic E-state index is 0.0481. The molecule has 0 unspecified atom stereocenters. The Kier molecular flexibility index (Phi) is 7.20. The first kappa shape index (κ1) is 19.8. The van der Waals surface area contributed by atoms with Crippen LogP contribution in [0.2, 0.25) is 5.02 Å². The highest BCUT2D eigenvalue weighted by Crippen LogP contribution is 2.17. The first-order valence-electron chi connectivity index (χ1n) is 9.32. The summed E-state index contributed by atoms with van der Waals surface area (Å²) in [6.45, 7) is 4.91. The number of hydrogen-bond acceptors (Lipinski definition) is 5. The molecule has 27 heavy (non-hydrogen) atoms. The van der Waals surface area contributed by atoms with Gasteiger partial charge in [0.1, 0.15) is 6.54 Å². The molecule has 3 rings (SSSR count). The topological polar surface area (TPSA) is 74.2 Å². The van der Waals surface area contributed by atoms with Gasteiger partial charge in [0, 0.05) is 37.5 Å². The van der Waals surface area contributed by atoms with E-state index in [1.54, 1.807) is 12.1 Å². The molecule has 0 aliphatic carbocycles. The number of benzene rings is 1. The molecule has 1 saturated heterocycles. The summed E-state index contributed by atoms with van der Waals surface area (Å²) < 4.78 is 5.32. The highest BCUT2D eigenvalue weighted by Gasteiger charge is 2.23. The van der Waals surface area contributed by atoms with E-state index in [1.165, 1.54) is 5.01 Å². The number of rotatable bonds is 7. The summed E-state index contributed by atoms with van der Waals surface area (Å²) in [4.78, 5) is 26.6. The van der Waals surface area contributed by atoms with Crippen molar-refractivity contribution >= 4 is 29.1 Å². The zero-order valence-electron chi connectivity index (χ0n) is 15.3. The summed E-state index contributed by atoms with van der Waals surface area (Å²) >= 11 is 5.91. The number of hydrogen-bond donors (Lipinski definition) is 1. The fraction of sp³-hybridized carbons (Fsp3) is 0.526. The van der Waals surface area contributed by atoms with E-state index in [1.807, 2.05) is 12.1 Å². The van der Waals surface area contributed by atoms with Gasteiger partial charge < -0.3 is 10.1 Å². The minimum Gasteiger partial charge on any atom is -0.379 e. The van der Waals surface area contributed by atoms with Crippen LogP contribution in [0, 0.1) is 0 Å². The van der Waals surface area contributed by atoms with Gasteiger partial charge in [-0.15, -0.1) is 0 Å². The van der Waals surface area contributed by atoms with Crippen LogP contribution in [0.5, 0.6) is 0 Å². The van der Waals surface area contributed by atoms with E-state index >= 15 is 0 Å². The molecule has 0 bridgehead atoms. The van der Waals surface area contributed by atoms with Crippen LogP contribution in [0.3, 0.4) is 0 Å². The quantitative estimate of drug-likeness (QED) is 0.714. The molecule has 0 atom stereocenters. The van der Waals surface area contributed by atoms with Crippen molar-refractivity contribution in [2.75, 3.05) is 45.9 Å². The van der Waals surface area contributed by atoms with Gasteiger partial charge in [0.05, 0.1) is 18.9 Å². The molecule has 1 N–H and O–H groups in total. The third-order valence-electron chi connectivity index (χ3n) is 4.65. The zero-order chi connectivity index (χ0) is 19.1. The fourth-order valence-corrected chi connectivity index (χ4v) is 3.25. The van der Waals surface area contributed by atoms with Gasteiger partial charge >= 0.3 is 0 Å². The molecular formula is C19H25ClN4O3. The van der Waals surface area contributed by atoms with E-state index in [9.17, 15) is 9.59 Å². The number of carbonyl (C=O) groups is 2. The molecule has 1 aromatic carbocycles. The maximum atomic E-state index is 12.2. The number of nitrogens with one attached hydrogen (secondary N) is 1. The van der Waals surface area contributed by atoms with Gasteiger partial charge in [-0.3, -0.25) is 14.5 Å². The van der Waals surface area contributed by atoms with E-state index in [4.69, 9.17) is 16.3 Å². The van der Waals surface area contributed by atoms with E-state index in [-0.39, 0.29) is 18.4 Å². The van der Waals surface area contributed by atoms with Crippen LogP contribution in [0.25, 0.3) is 0 Å². The number of halogens is 1. The zero-order valence-corrected chi connectivity index (χ0v) is 16.1. The van der Waals surface area contributed by atoms with Gasteiger partial charge in [0.25, 0.3) is 0 Å². The second-order valence-corrected chi connectivity index (χ2v) is 7.10. The van der Waals surface area contributed by atoms with Crippen LogP contribution in [0.1, 0.15) is 24.8 Å². The number of ether oxygens (including phenoxy) is 1. The summed E-state index contributed by atoms with van der Waals surface area (Å²) in [5, 5.41) is 9.17. The van der Waals surface area contributed by atoms with E-state index in [0.717, 1.165) is 50.5 Å². The summed E-state index contributed by atoms with van der Waals surface area (Å²) in [6.07, 6.45) is 1.79. The molecule has 8 heteroatoms. The molecule has 2 heterocycles. The lowest BCUT2D eigenvalue weighted by Crippen LogP contribution is -2.41. The predicted molar refractivity (Wildman–Crippen MR) is 104 cm³/mol. The Morgan fingerprint density at radius 3 is 2.67 bits per heavy atom. The molecule has 0 spiro atoms. The monoisotopic (exact) mass is 392 g/mol. The van der Waals surface area contributed by atoms with Gasteiger partial charge in [-0.25, -0.2) is 5.01 Å². The summed E-state index contributed by atoms with van der Waals surface area (Å²) in [5.41, 5.74) is 1.72. The second-order valence-electron chi connectivity index (χ2n) is 6.66. The number of hydrazone groups is 1. The van der Waals surface area contributed by atoms with Crippen molar-refractivity contribution in [2.24, 2.45) is 5.10 Å². The fourth-order valence-electron chi connectivity index (χ4n) is 3.12. The normalized spacial score (nSPS) is 18.3. The molecule has 0 radical (unpaired) electrons. The summed E-state index contributed by atoms with van der Waals surface area (Å²) in [6, 6.07) is 7.34. The SMILES string of the molecule is O=C(CN1N=C(c2ccc(Cl)cc2)CCC1=O)NCCCN1CCOCC1. The van der Waals surface area contributed by atoms with Crippen LogP contribution >= 0.6 is 11.6 Å². The molecule has 7 nitrogen and oxygen atoms in total. The van der Waals surface area contributed by atoms with Gasteiger partial charge in [-0.2, -0.15) is 5.10 Å². The average molecular weight is 393 g/mol. The summed E-state index contributed by atoms with van der Waals surface area (Å²) in [7, 11) is 0. The molecule has 2 amide bonds. The lowest BCUT2D eigenvalue weighted by atomic mass is 10.0. The average Bonchev–Trinajstić information content (AvgIpc) is 2.68. The van der Waals surface area contributed by atoms with Crippen LogP contribution < -0.4 is 5.32 Å². The minimum atomic E-state index is -0.188. The molecule has 2 aliphatic rings. The maximum Gasteiger partial charge on any atom is 0.243 e. The Bertz CT molecular complexity index is 687. The molecule has 0 aromatic heterocycles. The van der Waals surface area contributed by atoms with Crippen molar-refractivity contribution in [3.63, 3.8) is 0 Å². The van der Waals surface area contributed by atoms with Gasteiger partial charge in [-0.05, 0) is 30.7 Å². The van der Waals surface area contributed by atoms with E-state index < -0.39 is 0 Å². The van der Waals surface area contributed by atoms with Gasteiger partial charge in [-0.1, -0.05) is 23.7 Å². The lowest BCUT2D eigenvalue weighted by Gasteiger charge is -2.26. The smallest absolute Gasteiger partial charge is 0.243 e. The van der Waals surface area contributed by atoms with Crippen LogP contribution in [-0.4, -0.2) is 73.4 Å². The molecule has 1 fully saturated rings. The maximum absolute atomic E-state index is 12.2. The number of morpholine rings is 1. The van der Waals surface area contributed by atoms with Crippen molar-refractivity contribution in [3.05, 3.63) is 34.9 Å². The highest BCUT2D eigenvalue weighted by atomic mass is 35.5. The molecule has 0 saturated carbocycles. The Hall–Kier alpha value is -1.96. The Labute approximate surface area is 164 Å². The largest absolute Gasteiger partial charge is 0.379 e. The molecule has 1 aromatic rings. The molecular weight excluding hydrogens is 368 g/mol. The third kappa shape index (κ3) is 6.02. The predicted octanol–water partition coefficient (Wildman–Crippen LogP) is 1.50. The van der Waals surface area contributed by atoms with Crippen molar-refractivity contribution < 1.29 is 14.3 Å². The standard InChI is InChI=1S/C19H25ClN4O3/c20-16-4-2-15(3-5-16)17-6-7-19(26)24(22-17)14-18(25)21-8-1-9-23-10-12-27-13-11-23/h2-5H,1,6-14H2,(H,21,25). The van der Waals surface area contributed by atoms with Crippen LogP contribution in [0.4, 0.5) is 0 Å². The first-order chi connectivity index (χ1) is 13.1. The number of nitrogens with zero attached hydrogens (tertiary/aromatic N) is 3. The van der Waals surface area contributed by atoms with Crippen molar-refractivity contribution in [1.82, 2.24) is 15.2 Å². The lowest BCUT2D eigenvalue weighted by molar-refractivity contribution is -0.136. The summed E-state index contributed by atoms with van der Waals surface area (Å²) in [5.74, 6) is -0.317. The van der Waals surface area contributed by atoms with Crippen LogP contribution in [-0.2, 0) is 14.3 Å². The van der Waals surface area contributed by atoms with Crippen LogP contribution in [0.15, 0.2) is 29.4 Å². The molecule has 2 aliphatic heterocycles. The second kappa shape index (κ2) is 9.82. The number of amides is 2. The van der Waals surface area contributed by atoms with Crippen molar-refractivity contribution in [1.29, 1.82) is 0 Å². The number of carbonyl (C=O) groups excluding carboxylic acids is 2. The van der Waals surface area contributed by atoms with Gasteiger partial charge in [0.2, 0.25) is 11.8 Å². The van der Waals surface area contributed by atoms with E-state index in [0.29, 0.717) is 24.4 Å². The van der Waals surface area contributed by atoms with Crippen molar-refractivity contribution in [2.45, 2.75) is 19.3 Å². The Morgan fingerprint density at radius 2 is 1.93 bits per heavy atom. The highest BCUT2D eigenvalue weighted by molar-refractivity contribution is 6.30. The Balaban J connectivity index is 1.46.